The Labute approximate surface area is 138 Å². The molecule has 0 saturated carbocycles. The molecule has 0 aromatic rings. The fourth-order valence-electron chi connectivity index (χ4n) is 0.501. The van der Waals surface area contributed by atoms with Crippen LogP contribution in [0, 0.1) is 0 Å². The number of nitrogens with zero attached hydrogens (tertiary/aromatic N) is 1. The van der Waals surface area contributed by atoms with E-state index in [4.69, 9.17) is 0 Å². The Morgan fingerprint density at radius 1 is 0.583 bits per heavy atom. The summed E-state index contributed by atoms with van der Waals surface area (Å²) in [5, 5.41) is 0. The Morgan fingerprint density at radius 3 is 0.958 bits per heavy atom. The molecule has 0 aliphatic heterocycles. The van der Waals surface area contributed by atoms with E-state index in [1.165, 1.54) is 0 Å². The first kappa shape index (κ1) is 25.9. The van der Waals surface area contributed by atoms with Crippen LogP contribution in [0.2, 0.25) is 0 Å². The van der Waals surface area contributed by atoms with E-state index in [-0.39, 0.29) is 18.9 Å². The minimum atomic E-state index is -6.86. The van der Waals surface area contributed by atoms with Gasteiger partial charge in [-0.05, 0) is 0 Å². The summed E-state index contributed by atoms with van der Waals surface area (Å²) < 4.78 is 165. The third-order valence-electron chi connectivity index (χ3n) is 1.26. The van der Waals surface area contributed by atoms with Gasteiger partial charge in [-0.15, -0.1) is 0 Å². The van der Waals surface area contributed by atoms with Crippen molar-refractivity contribution in [2.75, 3.05) is 0 Å². The van der Waals surface area contributed by atoms with E-state index in [1.807, 2.05) is 8.37 Å². The van der Waals surface area contributed by atoms with Crippen molar-refractivity contribution in [1.82, 2.24) is 0 Å². The number of rotatable bonds is 6. The summed E-state index contributed by atoms with van der Waals surface area (Å²) in [5.41, 5.74) is 0. The molecule has 24 heavy (non-hydrogen) atoms. The number of hydrogen-bond acceptors (Lipinski definition) is 6. The van der Waals surface area contributed by atoms with Crippen molar-refractivity contribution < 1.29 is 88.0 Å². The van der Waals surface area contributed by atoms with Crippen LogP contribution in [-0.4, -0.2) is 41.4 Å². The van der Waals surface area contributed by atoms with Crippen molar-refractivity contribution in [3.8, 4) is 0 Å². The number of halogens is 10. The Balaban J connectivity index is 0. The third kappa shape index (κ3) is 7.28. The van der Waals surface area contributed by atoms with E-state index in [1.54, 1.807) is 0 Å². The summed E-state index contributed by atoms with van der Waals surface area (Å²) in [7, 11) is -13.7. The molecule has 0 aliphatic carbocycles. The molecule has 0 amide bonds. The summed E-state index contributed by atoms with van der Waals surface area (Å²) in [6, 6.07) is 0. The smallest absolute Gasteiger partial charge is 0.387 e. The molecular formula is C4F10LiNO6S2. The van der Waals surface area contributed by atoms with Gasteiger partial charge in [0, 0.05) is 0 Å². The first-order valence-electron chi connectivity index (χ1n) is 4.16. The minimum Gasteiger partial charge on any atom is -0.387 e. The maximum absolute atomic E-state index is 12.2. The van der Waals surface area contributed by atoms with Crippen LogP contribution >= 0.6 is 0 Å². The summed E-state index contributed by atoms with van der Waals surface area (Å²) in [6.45, 7) is 0. The Bertz CT molecular complexity index is 581. The molecule has 0 aromatic heterocycles. The van der Waals surface area contributed by atoms with Crippen LogP contribution in [0.3, 0.4) is 0 Å². The molecule has 0 fully saturated rings. The Hall–Kier alpha value is -0.323. The number of hydrogen-bond donors (Lipinski definition) is 0. The molecule has 0 radical (unpaired) electrons. The van der Waals surface area contributed by atoms with E-state index in [2.05, 4.69) is 0 Å². The van der Waals surface area contributed by atoms with Gasteiger partial charge < -0.3 is 4.13 Å². The van der Waals surface area contributed by atoms with Gasteiger partial charge in [0.1, 0.15) is 0 Å². The van der Waals surface area contributed by atoms with Crippen LogP contribution in [0.5, 0.6) is 0 Å². The third-order valence-corrected chi connectivity index (χ3v) is 3.56. The molecule has 0 atom stereocenters. The molecule has 0 N–H and O–H groups in total. The zero-order valence-corrected chi connectivity index (χ0v) is 12.1. The predicted molar refractivity (Wildman–Crippen MR) is 45.4 cm³/mol. The standard InChI is InChI=1S/C4F10NO6S2.Li/c5-1(6,7)3(11,12)20-22(16,17)15-23(18,19)21-4(13,14)2(8,9)10;/q-1;+1. The van der Waals surface area contributed by atoms with E-state index in [0.717, 1.165) is 4.13 Å². The molecule has 7 nitrogen and oxygen atoms in total. The van der Waals surface area contributed by atoms with Crippen molar-refractivity contribution in [3.05, 3.63) is 4.13 Å². The minimum absolute atomic E-state index is 0. The second kappa shape index (κ2) is 7.12. The van der Waals surface area contributed by atoms with Crippen LogP contribution in [-0.2, 0) is 29.0 Å². The quantitative estimate of drug-likeness (QED) is 0.413. The molecule has 0 rings (SSSR count). The monoisotopic (exact) mass is 419 g/mol. The normalized spacial score (nSPS) is 15.1. The molecule has 0 bridgehead atoms. The largest absolute Gasteiger partial charge is 1.00 e. The summed E-state index contributed by atoms with van der Waals surface area (Å²) >= 11 is 0. The molecule has 0 aliphatic rings. The Kier molecular flexibility index (Phi) is 7.69. The molecule has 0 saturated heterocycles. The van der Waals surface area contributed by atoms with Crippen LogP contribution in [0.1, 0.15) is 0 Å². The number of alkyl halides is 10. The van der Waals surface area contributed by atoms with Crippen molar-refractivity contribution in [2.45, 2.75) is 24.6 Å². The molecular weight excluding hydrogens is 419 g/mol. The van der Waals surface area contributed by atoms with Gasteiger partial charge in [-0.3, -0.25) is 0 Å². The molecule has 0 aromatic carbocycles. The average molecular weight is 419 g/mol. The van der Waals surface area contributed by atoms with Crippen LogP contribution in [0.25, 0.3) is 4.13 Å². The zero-order chi connectivity index (χ0) is 19.1. The Morgan fingerprint density at radius 2 is 0.792 bits per heavy atom. The molecule has 140 valence electrons. The second-order valence-corrected chi connectivity index (χ2v) is 5.77. The van der Waals surface area contributed by atoms with Gasteiger partial charge in [-0.1, -0.05) is 0 Å². The molecule has 20 heteroatoms. The van der Waals surface area contributed by atoms with Crippen molar-refractivity contribution in [1.29, 1.82) is 0 Å². The van der Waals surface area contributed by atoms with Gasteiger partial charge in [0.05, 0.1) is 0 Å². The van der Waals surface area contributed by atoms with Crippen LogP contribution in [0.15, 0.2) is 0 Å². The van der Waals surface area contributed by atoms with Gasteiger partial charge in [0.25, 0.3) is 0 Å². The van der Waals surface area contributed by atoms with Gasteiger partial charge in [-0.2, -0.15) is 43.9 Å². The molecule has 0 unspecified atom stereocenters. The van der Waals surface area contributed by atoms with E-state index < -0.39 is 45.2 Å². The summed E-state index contributed by atoms with van der Waals surface area (Å²) in [6.07, 6.45) is -26.5. The van der Waals surface area contributed by atoms with Crippen LogP contribution in [0.4, 0.5) is 43.9 Å². The molecule has 0 heterocycles. The van der Waals surface area contributed by atoms with Gasteiger partial charge >= 0.3 is 43.4 Å². The summed E-state index contributed by atoms with van der Waals surface area (Å²) in [5.74, 6) is 0. The molecule has 0 spiro atoms. The maximum Gasteiger partial charge on any atom is 1.00 e. The SMILES string of the molecule is O=S(=O)([N-]S(=O)(=O)OC(F)(F)C(F)(F)F)OC(F)(F)C(F)(F)F.[Li+]. The average Bonchev–Trinajstić information content (AvgIpc) is 2.05. The van der Waals surface area contributed by atoms with E-state index >= 15 is 0 Å². The van der Waals surface area contributed by atoms with Gasteiger partial charge in [0.15, 0.2) is 0 Å². The zero-order valence-electron chi connectivity index (χ0n) is 10.5. The van der Waals surface area contributed by atoms with E-state index in [0.29, 0.717) is 0 Å². The topological polar surface area (TPSA) is 101 Å². The van der Waals surface area contributed by atoms with Crippen molar-refractivity contribution >= 4 is 20.6 Å². The van der Waals surface area contributed by atoms with Crippen molar-refractivity contribution in [2.24, 2.45) is 0 Å². The van der Waals surface area contributed by atoms with Crippen LogP contribution < -0.4 is 18.9 Å². The predicted octanol–water partition coefficient (Wildman–Crippen LogP) is -0.803. The first-order valence-corrected chi connectivity index (χ1v) is 6.89. The van der Waals surface area contributed by atoms with Gasteiger partial charge in [0.2, 0.25) is 20.6 Å². The summed E-state index contributed by atoms with van der Waals surface area (Å²) in [4.78, 5) is 0. The maximum atomic E-state index is 12.2. The fraction of sp³-hybridized carbons (Fsp3) is 1.00. The fourth-order valence-corrected chi connectivity index (χ4v) is 2.36. The van der Waals surface area contributed by atoms with E-state index in [9.17, 15) is 60.7 Å². The van der Waals surface area contributed by atoms with Gasteiger partial charge in [-0.25, -0.2) is 25.2 Å². The van der Waals surface area contributed by atoms with Crippen molar-refractivity contribution in [3.63, 3.8) is 0 Å². The second-order valence-electron chi connectivity index (χ2n) is 3.13. The first-order chi connectivity index (χ1) is 9.62.